The molecular formula is C54H35NOS. The molecule has 2 aromatic heterocycles. The van der Waals surface area contributed by atoms with Gasteiger partial charge in [-0.1, -0.05) is 158 Å². The lowest BCUT2D eigenvalue weighted by Gasteiger charge is -2.26. The van der Waals surface area contributed by atoms with Gasteiger partial charge in [-0.3, -0.25) is 0 Å². The maximum absolute atomic E-state index is 6.15. The molecule has 0 atom stereocenters. The van der Waals surface area contributed by atoms with E-state index in [9.17, 15) is 0 Å². The first-order valence-corrected chi connectivity index (χ1v) is 20.1. The van der Waals surface area contributed by atoms with Gasteiger partial charge in [0, 0.05) is 48.0 Å². The smallest absolute Gasteiger partial charge is 0.136 e. The Morgan fingerprint density at radius 2 is 0.789 bits per heavy atom. The minimum Gasteiger partial charge on any atom is -0.456 e. The minimum absolute atomic E-state index is 0.917. The largest absolute Gasteiger partial charge is 0.456 e. The van der Waals surface area contributed by atoms with Gasteiger partial charge < -0.3 is 9.32 Å². The highest BCUT2D eigenvalue weighted by Gasteiger charge is 2.16. The zero-order valence-corrected chi connectivity index (χ0v) is 31.8. The van der Waals surface area contributed by atoms with Gasteiger partial charge in [0.05, 0.1) is 0 Å². The summed E-state index contributed by atoms with van der Waals surface area (Å²) in [6, 6.07) is 76.4. The third-order valence-corrected chi connectivity index (χ3v) is 12.3. The van der Waals surface area contributed by atoms with Crippen molar-refractivity contribution in [1.29, 1.82) is 0 Å². The first-order chi connectivity index (χ1) is 28.2. The van der Waals surface area contributed by atoms with Crippen molar-refractivity contribution in [3.8, 4) is 44.5 Å². The molecular weight excluding hydrogens is 711 g/mol. The van der Waals surface area contributed by atoms with Gasteiger partial charge in [-0.05, 0) is 99.1 Å². The van der Waals surface area contributed by atoms with Crippen LogP contribution in [0.2, 0.25) is 0 Å². The summed E-state index contributed by atoms with van der Waals surface area (Å²) in [7, 11) is 0. The third kappa shape index (κ3) is 5.97. The second kappa shape index (κ2) is 13.8. The molecule has 11 rings (SSSR count). The lowest BCUT2D eigenvalue weighted by molar-refractivity contribution is 0.669. The summed E-state index contributed by atoms with van der Waals surface area (Å²) in [5, 5.41) is 4.92. The van der Waals surface area contributed by atoms with Crippen molar-refractivity contribution in [2.45, 2.75) is 0 Å². The fourth-order valence-electron chi connectivity index (χ4n) is 8.25. The Bertz CT molecular complexity index is 3190. The molecule has 268 valence electrons. The molecule has 0 radical (unpaired) electrons. The zero-order valence-electron chi connectivity index (χ0n) is 31.0. The van der Waals surface area contributed by atoms with Gasteiger partial charge in [0.15, 0.2) is 0 Å². The lowest BCUT2D eigenvalue weighted by Crippen LogP contribution is -2.09. The normalized spacial score (nSPS) is 11.5. The highest BCUT2D eigenvalue weighted by atomic mass is 32.1. The highest BCUT2D eigenvalue weighted by molar-refractivity contribution is 7.25. The fraction of sp³-hybridized carbons (Fsp3) is 0. The zero-order chi connectivity index (χ0) is 37.7. The number of furan rings is 1. The van der Waals surface area contributed by atoms with Crippen LogP contribution in [0.5, 0.6) is 0 Å². The topological polar surface area (TPSA) is 16.4 Å². The van der Waals surface area contributed by atoms with Crippen LogP contribution in [-0.4, -0.2) is 0 Å². The van der Waals surface area contributed by atoms with Crippen LogP contribution in [0.15, 0.2) is 217 Å². The van der Waals surface area contributed by atoms with Crippen LogP contribution in [0.25, 0.3) is 86.6 Å². The maximum atomic E-state index is 6.15. The maximum Gasteiger partial charge on any atom is 0.136 e. The van der Waals surface area contributed by atoms with E-state index < -0.39 is 0 Å². The van der Waals surface area contributed by atoms with Crippen LogP contribution in [0.1, 0.15) is 0 Å². The van der Waals surface area contributed by atoms with Crippen molar-refractivity contribution < 1.29 is 4.42 Å². The van der Waals surface area contributed by atoms with Gasteiger partial charge >= 0.3 is 0 Å². The molecule has 0 spiro atoms. The molecule has 57 heavy (non-hydrogen) atoms. The van der Waals surface area contributed by atoms with Crippen LogP contribution >= 0.6 is 11.3 Å². The second-order valence-electron chi connectivity index (χ2n) is 14.5. The predicted octanol–water partition coefficient (Wildman–Crippen LogP) is 16.1. The van der Waals surface area contributed by atoms with Gasteiger partial charge in [-0.25, -0.2) is 0 Å². The minimum atomic E-state index is 0.917. The summed E-state index contributed by atoms with van der Waals surface area (Å²) in [6.07, 6.45) is 0. The molecule has 0 saturated heterocycles. The molecule has 0 fully saturated rings. The Labute approximate surface area is 335 Å². The molecule has 0 bridgehead atoms. The standard InChI is InChI=1S/C54H35NOS/c1-2-9-36(10-3-1)40-25-29-43(30-26-40)55(45-33-34-48-47-11-5-7-16-52(47)57-53(48)35-45)44-31-27-41(28-32-44)38-19-17-37(18-20-38)39-21-23-42(24-22-39)46-13-8-15-51-54(46)49-12-4-6-14-50(49)56-51/h1-35H. The molecule has 0 aliphatic rings. The number of thiophene rings is 1. The van der Waals surface area contributed by atoms with E-state index in [2.05, 4.69) is 205 Å². The molecule has 0 amide bonds. The predicted molar refractivity (Wildman–Crippen MR) is 243 cm³/mol. The van der Waals surface area contributed by atoms with E-state index in [0.717, 1.165) is 39.0 Å². The number of rotatable bonds is 7. The van der Waals surface area contributed by atoms with Crippen LogP contribution in [0.4, 0.5) is 17.1 Å². The molecule has 0 N–H and O–H groups in total. The van der Waals surface area contributed by atoms with Crippen molar-refractivity contribution in [2.24, 2.45) is 0 Å². The summed E-state index contributed by atoms with van der Waals surface area (Å²) < 4.78 is 8.75. The van der Waals surface area contributed by atoms with Gasteiger partial charge in [0.2, 0.25) is 0 Å². The van der Waals surface area contributed by atoms with Crippen molar-refractivity contribution in [3.05, 3.63) is 212 Å². The highest BCUT2D eigenvalue weighted by Crippen LogP contribution is 2.42. The summed E-state index contributed by atoms with van der Waals surface area (Å²) >= 11 is 1.85. The number of hydrogen-bond acceptors (Lipinski definition) is 3. The van der Waals surface area contributed by atoms with E-state index in [1.165, 1.54) is 64.7 Å². The quantitative estimate of drug-likeness (QED) is 0.162. The second-order valence-corrected chi connectivity index (χ2v) is 15.6. The Morgan fingerprint density at radius 1 is 0.316 bits per heavy atom. The summed E-state index contributed by atoms with van der Waals surface area (Å²) in [5.74, 6) is 0. The summed E-state index contributed by atoms with van der Waals surface area (Å²) in [5.41, 5.74) is 14.7. The molecule has 9 aromatic carbocycles. The van der Waals surface area contributed by atoms with Crippen molar-refractivity contribution in [2.75, 3.05) is 4.90 Å². The van der Waals surface area contributed by atoms with E-state index in [1.807, 2.05) is 23.5 Å². The third-order valence-electron chi connectivity index (χ3n) is 11.1. The molecule has 2 nitrogen and oxygen atoms in total. The number of fused-ring (bicyclic) bond motifs is 6. The molecule has 0 aliphatic heterocycles. The van der Waals surface area contributed by atoms with E-state index in [-0.39, 0.29) is 0 Å². The molecule has 0 saturated carbocycles. The molecule has 0 unspecified atom stereocenters. The Morgan fingerprint density at radius 3 is 1.44 bits per heavy atom. The monoisotopic (exact) mass is 745 g/mol. The van der Waals surface area contributed by atoms with Crippen LogP contribution < -0.4 is 4.90 Å². The van der Waals surface area contributed by atoms with E-state index in [4.69, 9.17) is 4.42 Å². The average molecular weight is 746 g/mol. The Kier molecular flexibility index (Phi) is 8.04. The fourth-order valence-corrected chi connectivity index (χ4v) is 9.39. The van der Waals surface area contributed by atoms with Crippen molar-refractivity contribution in [1.82, 2.24) is 0 Å². The van der Waals surface area contributed by atoms with E-state index >= 15 is 0 Å². The molecule has 3 heteroatoms. The Hall–Kier alpha value is -7.20. The SMILES string of the molecule is c1ccc(-c2ccc(N(c3ccc(-c4ccc(-c5ccc(-c6cccc7oc8ccccc8c67)cc5)cc4)cc3)c3ccc4c(c3)sc3ccccc34)cc2)cc1. The number of para-hydroxylation sites is 1. The summed E-state index contributed by atoms with van der Waals surface area (Å²) in [4.78, 5) is 2.37. The van der Waals surface area contributed by atoms with Gasteiger partial charge in [0.25, 0.3) is 0 Å². The van der Waals surface area contributed by atoms with Gasteiger partial charge in [-0.2, -0.15) is 0 Å². The van der Waals surface area contributed by atoms with Crippen LogP contribution in [-0.2, 0) is 0 Å². The number of anilines is 3. The van der Waals surface area contributed by atoms with Crippen LogP contribution in [0, 0.1) is 0 Å². The number of benzene rings is 9. The number of hydrogen-bond donors (Lipinski definition) is 0. The van der Waals surface area contributed by atoms with Crippen molar-refractivity contribution in [3.63, 3.8) is 0 Å². The average Bonchev–Trinajstić information content (AvgIpc) is 3.86. The molecule has 2 heterocycles. The first kappa shape index (κ1) is 33.2. The molecule has 11 aromatic rings. The van der Waals surface area contributed by atoms with Gasteiger partial charge in [0.1, 0.15) is 11.2 Å². The first-order valence-electron chi connectivity index (χ1n) is 19.3. The summed E-state index contributed by atoms with van der Waals surface area (Å²) in [6.45, 7) is 0. The van der Waals surface area contributed by atoms with E-state index in [0.29, 0.717) is 0 Å². The molecule has 0 aliphatic carbocycles. The van der Waals surface area contributed by atoms with Crippen LogP contribution in [0.3, 0.4) is 0 Å². The van der Waals surface area contributed by atoms with E-state index in [1.54, 1.807) is 0 Å². The number of nitrogens with zero attached hydrogens (tertiary/aromatic N) is 1. The van der Waals surface area contributed by atoms with Gasteiger partial charge in [-0.15, -0.1) is 11.3 Å². The van der Waals surface area contributed by atoms with Crippen molar-refractivity contribution >= 4 is 70.5 Å². The Balaban J connectivity index is 0.892. The lowest BCUT2D eigenvalue weighted by atomic mass is 9.96.